The summed E-state index contributed by atoms with van der Waals surface area (Å²) in [4.78, 5) is 1.90. The maximum Gasteiger partial charge on any atom is 0.416 e. The molecular formula is C32H33ClF4N2O3S. The molecule has 43 heavy (non-hydrogen) atoms. The molecule has 0 amide bonds. The molecule has 0 spiro atoms. The summed E-state index contributed by atoms with van der Waals surface area (Å²) in [5.74, 6) is -0.498. The van der Waals surface area contributed by atoms with E-state index >= 15 is 0 Å². The molecule has 230 valence electrons. The quantitative estimate of drug-likeness (QED) is 0.189. The van der Waals surface area contributed by atoms with Gasteiger partial charge in [-0.15, -0.1) is 0 Å². The molecule has 0 aliphatic carbocycles. The van der Waals surface area contributed by atoms with E-state index in [0.29, 0.717) is 42.5 Å². The number of hydrogen-bond acceptors (Lipinski definition) is 4. The Hall–Kier alpha value is -2.92. The average Bonchev–Trinajstić information content (AvgIpc) is 2.97. The van der Waals surface area contributed by atoms with Gasteiger partial charge in [0.1, 0.15) is 5.82 Å². The van der Waals surface area contributed by atoms with Gasteiger partial charge in [0.25, 0.3) is 10.0 Å². The SMILES string of the molecule is C/C(=C\c1ccc2c(c1)N(S(=O)(=O)c1cccc(C(F)(F)F)c1)C[C@H](CCCN1CCOCC1)C2)c1c(F)cccc1Cl. The van der Waals surface area contributed by atoms with Gasteiger partial charge in [-0.2, -0.15) is 13.2 Å². The van der Waals surface area contributed by atoms with Crippen LogP contribution >= 0.6 is 11.6 Å². The largest absolute Gasteiger partial charge is 0.416 e. The number of sulfonamides is 1. The van der Waals surface area contributed by atoms with Gasteiger partial charge in [-0.1, -0.05) is 41.9 Å². The molecular weight excluding hydrogens is 604 g/mol. The molecule has 1 fully saturated rings. The van der Waals surface area contributed by atoms with Crippen molar-refractivity contribution in [2.24, 2.45) is 5.92 Å². The minimum atomic E-state index is -4.68. The molecule has 0 unspecified atom stereocenters. The van der Waals surface area contributed by atoms with Crippen LogP contribution in [0.25, 0.3) is 11.6 Å². The molecule has 3 aromatic rings. The van der Waals surface area contributed by atoms with Crippen molar-refractivity contribution in [1.29, 1.82) is 0 Å². The first-order chi connectivity index (χ1) is 20.4. The lowest BCUT2D eigenvalue weighted by Gasteiger charge is -2.36. The number of morpholine rings is 1. The van der Waals surface area contributed by atoms with Crippen LogP contribution in [0, 0.1) is 11.7 Å². The number of anilines is 1. The second kappa shape index (κ2) is 13.0. The van der Waals surface area contributed by atoms with Crippen molar-refractivity contribution in [3.63, 3.8) is 0 Å². The highest BCUT2D eigenvalue weighted by Gasteiger charge is 2.36. The van der Waals surface area contributed by atoms with Crippen LogP contribution in [0.5, 0.6) is 0 Å². The summed E-state index contributed by atoms with van der Waals surface area (Å²) in [5.41, 5.74) is 1.58. The van der Waals surface area contributed by atoms with E-state index < -0.39 is 32.5 Å². The number of ether oxygens (including phenoxy) is 1. The molecule has 0 N–H and O–H groups in total. The maximum atomic E-state index is 14.6. The van der Waals surface area contributed by atoms with E-state index in [1.165, 1.54) is 22.5 Å². The number of alkyl halides is 3. The predicted molar refractivity (Wildman–Crippen MR) is 161 cm³/mol. The molecule has 0 bridgehead atoms. The van der Waals surface area contributed by atoms with Crippen molar-refractivity contribution in [1.82, 2.24) is 4.90 Å². The van der Waals surface area contributed by atoms with Crippen LogP contribution in [0.1, 0.15) is 42.0 Å². The molecule has 0 aromatic heterocycles. The monoisotopic (exact) mass is 636 g/mol. The minimum Gasteiger partial charge on any atom is -0.379 e. The van der Waals surface area contributed by atoms with Gasteiger partial charge in [0.2, 0.25) is 0 Å². The molecule has 1 saturated heterocycles. The molecule has 0 saturated carbocycles. The first-order valence-corrected chi connectivity index (χ1v) is 16.0. The zero-order valence-corrected chi connectivity index (χ0v) is 25.3. The number of fused-ring (bicyclic) bond motifs is 1. The lowest BCUT2D eigenvalue weighted by atomic mass is 9.89. The van der Waals surface area contributed by atoms with Crippen LogP contribution in [0.3, 0.4) is 0 Å². The lowest BCUT2D eigenvalue weighted by Crippen LogP contribution is -2.41. The van der Waals surface area contributed by atoms with Crippen molar-refractivity contribution in [3.8, 4) is 0 Å². The van der Waals surface area contributed by atoms with Gasteiger partial charge in [-0.3, -0.25) is 9.21 Å². The molecule has 2 heterocycles. The van der Waals surface area contributed by atoms with Crippen molar-refractivity contribution in [3.05, 3.63) is 93.8 Å². The first kappa shape index (κ1) is 31.5. The predicted octanol–water partition coefficient (Wildman–Crippen LogP) is 7.54. The van der Waals surface area contributed by atoms with Gasteiger partial charge in [-0.25, -0.2) is 12.8 Å². The van der Waals surface area contributed by atoms with Crippen LogP contribution in [0.4, 0.5) is 23.2 Å². The summed E-state index contributed by atoms with van der Waals surface area (Å²) in [5, 5.41) is 0.250. The highest BCUT2D eigenvalue weighted by molar-refractivity contribution is 7.92. The summed E-state index contributed by atoms with van der Waals surface area (Å²) >= 11 is 6.25. The zero-order chi connectivity index (χ0) is 30.8. The molecule has 5 nitrogen and oxygen atoms in total. The number of rotatable bonds is 8. The fraction of sp³-hybridized carbons (Fsp3) is 0.375. The summed E-state index contributed by atoms with van der Waals surface area (Å²) in [7, 11) is -4.34. The number of benzene rings is 3. The smallest absolute Gasteiger partial charge is 0.379 e. The van der Waals surface area contributed by atoms with Crippen molar-refractivity contribution >= 4 is 39.0 Å². The molecule has 2 aliphatic heterocycles. The van der Waals surface area contributed by atoms with Crippen molar-refractivity contribution in [2.45, 2.75) is 37.3 Å². The van der Waals surface area contributed by atoms with Gasteiger partial charge in [-0.05, 0) is 91.7 Å². The Labute approximate surface area is 254 Å². The van der Waals surface area contributed by atoms with E-state index in [-0.39, 0.29) is 23.0 Å². The molecule has 5 rings (SSSR count). The van der Waals surface area contributed by atoms with Crippen LogP contribution in [0.2, 0.25) is 5.02 Å². The van der Waals surface area contributed by atoms with Crippen molar-refractivity contribution < 1.29 is 30.7 Å². The molecule has 2 aliphatic rings. The molecule has 11 heteroatoms. The molecule has 3 aromatic carbocycles. The molecule has 0 radical (unpaired) electrons. The normalized spacial score (nSPS) is 18.5. The number of allylic oxidation sites excluding steroid dienone is 1. The summed E-state index contributed by atoms with van der Waals surface area (Å²) in [6, 6.07) is 13.6. The number of nitrogens with zero attached hydrogens (tertiary/aromatic N) is 2. The van der Waals surface area contributed by atoms with Gasteiger partial charge in [0.05, 0.1) is 34.4 Å². The lowest BCUT2D eigenvalue weighted by molar-refractivity contribution is -0.137. The van der Waals surface area contributed by atoms with Crippen LogP contribution in [-0.2, 0) is 27.4 Å². The zero-order valence-electron chi connectivity index (χ0n) is 23.7. The fourth-order valence-corrected chi connectivity index (χ4v) is 7.72. The Kier molecular flexibility index (Phi) is 9.51. The summed E-state index contributed by atoms with van der Waals surface area (Å²) in [6.45, 7) is 5.83. The third-order valence-electron chi connectivity index (χ3n) is 7.99. The second-order valence-electron chi connectivity index (χ2n) is 11.0. The van der Waals surface area contributed by atoms with E-state index in [1.54, 1.807) is 25.1 Å². The Bertz CT molecular complexity index is 1580. The van der Waals surface area contributed by atoms with E-state index in [4.69, 9.17) is 16.3 Å². The van der Waals surface area contributed by atoms with E-state index in [2.05, 4.69) is 4.90 Å². The second-order valence-corrected chi connectivity index (χ2v) is 13.3. The van der Waals surface area contributed by atoms with E-state index in [9.17, 15) is 26.0 Å². The topological polar surface area (TPSA) is 49.9 Å². The highest BCUT2D eigenvalue weighted by atomic mass is 35.5. The average molecular weight is 637 g/mol. The Morgan fingerprint density at radius 1 is 1.07 bits per heavy atom. The molecule has 1 atom stereocenters. The van der Waals surface area contributed by atoms with E-state index in [0.717, 1.165) is 50.2 Å². The maximum absolute atomic E-state index is 14.6. The van der Waals surface area contributed by atoms with Crippen molar-refractivity contribution in [2.75, 3.05) is 43.7 Å². The van der Waals surface area contributed by atoms with Gasteiger partial charge in [0.15, 0.2) is 0 Å². The summed E-state index contributed by atoms with van der Waals surface area (Å²) < 4.78 is 89.7. The van der Waals surface area contributed by atoms with Crippen LogP contribution < -0.4 is 4.31 Å². The van der Waals surface area contributed by atoms with Gasteiger partial charge < -0.3 is 4.74 Å². The number of halogens is 5. The van der Waals surface area contributed by atoms with Gasteiger partial charge >= 0.3 is 6.18 Å². The van der Waals surface area contributed by atoms with Gasteiger partial charge in [0, 0.05) is 25.2 Å². The third kappa shape index (κ3) is 7.25. The standard InChI is InChI=1S/C32H33ClF4N2O3S/c1-22(31-28(33)8-3-9-29(31)34)17-23-10-11-25-18-24(5-4-12-38-13-15-42-16-14-38)21-39(30(25)19-23)43(40,41)27-7-2-6-26(20-27)32(35,36)37/h2-3,6-11,17,19-20,24H,4-5,12-16,18,21H2,1H3/b22-17+/t24-/m1/s1. The highest BCUT2D eigenvalue weighted by Crippen LogP contribution is 2.39. The van der Waals surface area contributed by atoms with E-state index in [1.807, 2.05) is 12.1 Å². The first-order valence-electron chi connectivity index (χ1n) is 14.2. The Morgan fingerprint density at radius 3 is 2.53 bits per heavy atom. The minimum absolute atomic E-state index is 0.0190. The van der Waals surface area contributed by atoms with Crippen LogP contribution in [0.15, 0.2) is 65.6 Å². The van der Waals surface area contributed by atoms with Crippen LogP contribution in [-0.4, -0.2) is 52.7 Å². The Morgan fingerprint density at radius 2 is 1.81 bits per heavy atom. The summed E-state index contributed by atoms with van der Waals surface area (Å²) in [6.07, 6.45) is -0.709. The third-order valence-corrected chi connectivity index (χ3v) is 10.1. The number of hydrogen-bond donors (Lipinski definition) is 0. The fourth-order valence-electron chi connectivity index (χ4n) is 5.79. The Balaban J connectivity index is 1.49.